The molecule has 3 aromatic rings. The molecule has 1 aromatic carbocycles. The van der Waals surface area contributed by atoms with Gasteiger partial charge < -0.3 is 4.98 Å². The van der Waals surface area contributed by atoms with Crippen molar-refractivity contribution in [2.24, 2.45) is 5.10 Å². The molecule has 1 aliphatic carbocycles. The second-order valence-electron chi connectivity index (χ2n) is 5.73. The molecule has 0 saturated heterocycles. The summed E-state index contributed by atoms with van der Waals surface area (Å²) < 4.78 is 0. The van der Waals surface area contributed by atoms with Gasteiger partial charge >= 0.3 is 0 Å². The Hall–Kier alpha value is -2.89. The summed E-state index contributed by atoms with van der Waals surface area (Å²) in [5, 5.41) is 12.3. The number of fused-ring (bicyclic) bond motifs is 2. The van der Waals surface area contributed by atoms with E-state index in [0.717, 1.165) is 53.4 Å². The zero-order valence-electron chi connectivity index (χ0n) is 12.6. The fraction of sp³-hybridized carbons (Fsp3) is 0.235. The highest BCUT2D eigenvalue weighted by Gasteiger charge is 2.21. The third-order valence-electron chi connectivity index (χ3n) is 4.26. The van der Waals surface area contributed by atoms with Crippen LogP contribution < -0.4 is 5.43 Å². The molecule has 1 amide bonds. The second kappa shape index (κ2) is 5.72. The van der Waals surface area contributed by atoms with Gasteiger partial charge in [0.2, 0.25) is 0 Å². The van der Waals surface area contributed by atoms with Crippen molar-refractivity contribution in [2.75, 3.05) is 0 Å². The largest absolute Gasteiger partial charge is 0.361 e. The lowest BCUT2D eigenvalue weighted by atomic mass is 9.96. The third kappa shape index (κ3) is 2.52. The van der Waals surface area contributed by atoms with Gasteiger partial charge in [-0.2, -0.15) is 10.2 Å². The highest BCUT2D eigenvalue weighted by molar-refractivity contribution is 6.00. The molecule has 23 heavy (non-hydrogen) atoms. The van der Waals surface area contributed by atoms with E-state index in [9.17, 15) is 4.79 Å². The number of benzene rings is 1. The maximum Gasteiger partial charge on any atom is 0.292 e. The minimum atomic E-state index is -0.263. The van der Waals surface area contributed by atoms with Crippen LogP contribution in [-0.2, 0) is 12.8 Å². The van der Waals surface area contributed by atoms with Crippen LogP contribution in [0.2, 0.25) is 0 Å². The molecule has 0 bridgehead atoms. The molecule has 0 aliphatic heterocycles. The first-order valence-electron chi connectivity index (χ1n) is 7.78. The number of carbonyl (C=O) groups excluding carboxylic acids is 1. The molecule has 6 heteroatoms. The van der Waals surface area contributed by atoms with Gasteiger partial charge in [0.25, 0.3) is 5.91 Å². The normalized spacial score (nSPS) is 14.3. The third-order valence-corrected chi connectivity index (χ3v) is 4.26. The first-order valence-corrected chi connectivity index (χ1v) is 7.78. The first-order chi connectivity index (χ1) is 11.3. The van der Waals surface area contributed by atoms with Crippen molar-refractivity contribution in [2.45, 2.75) is 25.7 Å². The Kier molecular flexibility index (Phi) is 3.42. The van der Waals surface area contributed by atoms with Crippen LogP contribution in [0.4, 0.5) is 0 Å². The fourth-order valence-corrected chi connectivity index (χ4v) is 3.08. The number of H-pyrrole nitrogens is 2. The number of nitrogens with one attached hydrogen (secondary N) is 3. The molecule has 6 nitrogen and oxygen atoms in total. The zero-order valence-corrected chi connectivity index (χ0v) is 12.6. The molecule has 2 heterocycles. The smallest absolute Gasteiger partial charge is 0.292 e. The van der Waals surface area contributed by atoms with Gasteiger partial charge in [-0.1, -0.05) is 18.2 Å². The summed E-state index contributed by atoms with van der Waals surface area (Å²) in [5.41, 5.74) is 7.14. The molecule has 4 rings (SSSR count). The van der Waals surface area contributed by atoms with Gasteiger partial charge in [-0.15, -0.1) is 0 Å². The van der Waals surface area contributed by atoms with Crippen LogP contribution >= 0.6 is 0 Å². The van der Waals surface area contributed by atoms with E-state index >= 15 is 0 Å². The van der Waals surface area contributed by atoms with Gasteiger partial charge in [0.15, 0.2) is 5.69 Å². The molecule has 116 valence electrons. The SMILES string of the molecule is O=C(N/N=C\c1c[nH]c2ccccc12)c1n[nH]c2c1CCCC2. The quantitative estimate of drug-likeness (QED) is 0.513. The lowest BCUT2D eigenvalue weighted by molar-refractivity contribution is 0.0949. The van der Waals surface area contributed by atoms with E-state index in [1.54, 1.807) is 6.21 Å². The number of hydrogen-bond acceptors (Lipinski definition) is 3. The van der Waals surface area contributed by atoms with Crippen molar-refractivity contribution in [3.8, 4) is 0 Å². The van der Waals surface area contributed by atoms with Crippen LogP contribution in [0, 0.1) is 0 Å². The Morgan fingerprint density at radius 2 is 2.13 bits per heavy atom. The molecule has 0 atom stereocenters. The lowest BCUT2D eigenvalue weighted by Crippen LogP contribution is -2.20. The summed E-state index contributed by atoms with van der Waals surface area (Å²) in [6.07, 6.45) is 7.64. The summed E-state index contributed by atoms with van der Waals surface area (Å²) in [4.78, 5) is 15.4. The minimum absolute atomic E-state index is 0.263. The summed E-state index contributed by atoms with van der Waals surface area (Å²) >= 11 is 0. The summed E-state index contributed by atoms with van der Waals surface area (Å²) in [7, 11) is 0. The van der Waals surface area contributed by atoms with Crippen molar-refractivity contribution >= 4 is 23.0 Å². The molecule has 1 aliphatic rings. The van der Waals surface area contributed by atoms with E-state index in [0.29, 0.717) is 5.69 Å². The number of carbonyl (C=O) groups is 1. The van der Waals surface area contributed by atoms with Crippen molar-refractivity contribution in [1.29, 1.82) is 0 Å². The highest BCUT2D eigenvalue weighted by atomic mass is 16.2. The maximum absolute atomic E-state index is 12.3. The average molecular weight is 307 g/mol. The summed E-state index contributed by atoms with van der Waals surface area (Å²) in [6.45, 7) is 0. The average Bonchev–Trinajstić information content (AvgIpc) is 3.19. The van der Waals surface area contributed by atoms with Crippen LogP contribution in [0.15, 0.2) is 35.6 Å². The molecular formula is C17H17N5O. The Morgan fingerprint density at radius 1 is 1.26 bits per heavy atom. The van der Waals surface area contributed by atoms with Crippen molar-refractivity contribution < 1.29 is 4.79 Å². The molecule has 0 fully saturated rings. The molecular weight excluding hydrogens is 290 g/mol. The van der Waals surface area contributed by atoms with Crippen molar-refractivity contribution in [1.82, 2.24) is 20.6 Å². The predicted octanol–water partition coefficient (Wildman–Crippen LogP) is 2.53. The zero-order chi connectivity index (χ0) is 15.6. The Morgan fingerprint density at radius 3 is 3.09 bits per heavy atom. The molecule has 0 radical (unpaired) electrons. The Balaban J connectivity index is 1.50. The van der Waals surface area contributed by atoms with Gasteiger partial charge in [0.1, 0.15) is 0 Å². The lowest BCUT2D eigenvalue weighted by Gasteiger charge is -2.10. The number of para-hydroxylation sites is 1. The molecule has 0 unspecified atom stereocenters. The number of amides is 1. The van der Waals surface area contributed by atoms with E-state index in [-0.39, 0.29) is 5.91 Å². The number of aromatic nitrogens is 3. The van der Waals surface area contributed by atoms with Gasteiger partial charge in [0, 0.05) is 33.9 Å². The van der Waals surface area contributed by atoms with Crippen LogP contribution in [0.3, 0.4) is 0 Å². The monoisotopic (exact) mass is 307 g/mol. The van der Waals surface area contributed by atoms with E-state index in [2.05, 4.69) is 25.7 Å². The fourth-order valence-electron chi connectivity index (χ4n) is 3.08. The summed E-state index contributed by atoms with van der Waals surface area (Å²) in [5.74, 6) is -0.263. The van der Waals surface area contributed by atoms with Crippen LogP contribution in [-0.4, -0.2) is 27.3 Å². The highest BCUT2D eigenvalue weighted by Crippen LogP contribution is 2.22. The molecule has 2 aromatic heterocycles. The van der Waals surface area contributed by atoms with Crippen molar-refractivity contribution in [3.05, 3.63) is 53.0 Å². The number of rotatable bonds is 3. The topological polar surface area (TPSA) is 85.9 Å². The van der Waals surface area contributed by atoms with E-state index < -0.39 is 0 Å². The Bertz CT molecular complexity index is 889. The molecule has 3 N–H and O–H groups in total. The Labute approximate surface area is 133 Å². The van der Waals surface area contributed by atoms with Gasteiger partial charge in [-0.3, -0.25) is 9.89 Å². The minimum Gasteiger partial charge on any atom is -0.361 e. The number of hydrazone groups is 1. The van der Waals surface area contributed by atoms with E-state index in [1.165, 1.54) is 0 Å². The van der Waals surface area contributed by atoms with E-state index in [4.69, 9.17) is 0 Å². The van der Waals surface area contributed by atoms with Crippen LogP contribution in [0.1, 0.15) is 40.2 Å². The van der Waals surface area contributed by atoms with Crippen LogP contribution in [0.25, 0.3) is 10.9 Å². The predicted molar refractivity (Wildman–Crippen MR) is 88.6 cm³/mol. The van der Waals surface area contributed by atoms with Gasteiger partial charge in [0.05, 0.1) is 6.21 Å². The number of aromatic amines is 2. The summed E-state index contributed by atoms with van der Waals surface area (Å²) in [6, 6.07) is 7.96. The van der Waals surface area contributed by atoms with Gasteiger partial charge in [-0.05, 0) is 31.7 Å². The maximum atomic E-state index is 12.3. The second-order valence-corrected chi connectivity index (χ2v) is 5.73. The number of aryl methyl sites for hydroxylation is 1. The number of nitrogens with zero attached hydrogens (tertiary/aromatic N) is 2. The first kappa shape index (κ1) is 13.8. The van der Waals surface area contributed by atoms with Crippen LogP contribution in [0.5, 0.6) is 0 Å². The van der Waals surface area contributed by atoms with Crippen molar-refractivity contribution in [3.63, 3.8) is 0 Å². The molecule has 0 spiro atoms. The standard InChI is InChI=1S/C17H17N5O/c23-17(16-13-6-2-4-8-15(13)20-21-16)22-19-10-11-9-18-14-7-3-1-5-12(11)14/h1,3,5,7,9-10,18H,2,4,6,8H2,(H,20,21)(H,22,23)/b19-10-. The van der Waals surface area contributed by atoms with Gasteiger partial charge in [-0.25, -0.2) is 5.43 Å². The van der Waals surface area contributed by atoms with E-state index in [1.807, 2.05) is 30.5 Å². The number of hydrogen-bond donors (Lipinski definition) is 3. The molecule has 0 saturated carbocycles.